The lowest BCUT2D eigenvalue weighted by Gasteiger charge is -2.39. The fourth-order valence-electron chi connectivity index (χ4n) is 4.34. The predicted octanol–water partition coefficient (Wildman–Crippen LogP) is 4.65. The molecule has 0 radical (unpaired) electrons. The molecule has 2 aliphatic heterocycles. The molecule has 1 aromatic rings. The Hall–Kier alpha value is -2.32. The van der Waals surface area contributed by atoms with Gasteiger partial charge in [-0.15, -0.1) is 0 Å². The third-order valence-corrected chi connectivity index (χ3v) is 5.55. The second-order valence-electron chi connectivity index (χ2n) is 8.98. The minimum Gasteiger partial charge on any atom is -0.444 e. The first-order chi connectivity index (χ1) is 13.8. The molecular formula is C21H26F4N2O3. The van der Waals surface area contributed by atoms with Gasteiger partial charge in [0.25, 0.3) is 0 Å². The topological polar surface area (TPSA) is 58.6 Å². The van der Waals surface area contributed by atoms with E-state index in [9.17, 15) is 27.2 Å². The number of benzene rings is 1. The van der Waals surface area contributed by atoms with Gasteiger partial charge in [0, 0.05) is 18.6 Å². The molecule has 3 rings (SSSR count). The Labute approximate surface area is 172 Å². The lowest BCUT2D eigenvalue weighted by Crippen LogP contribution is -2.48. The summed E-state index contributed by atoms with van der Waals surface area (Å²) in [6, 6.07) is 3.97. The Morgan fingerprint density at radius 3 is 2.27 bits per heavy atom. The molecule has 2 unspecified atom stereocenters. The number of amides is 2. The number of fused-ring (bicyclic) bond motifs is 2. The number of halogens is 4. The highest BCUT2D eigenvalue weighted by Gasteiger charge is 2.45. The number of piperidine rings is 1. The standard InChI is InChI=1S/C21H26F4N2O3/c1-20(2,3)30-19(29)27-14-5-6-15(27)10-13(9-14)16-8-12(4-7-17(16)22)11-26-18(28)21(23,24)25/h4,7-8,13-15H,5-6,9-11H2,1-3H3,(H,26,28). The minimum atomic E-state index is -4.96. The summed E-state index contributed by atoms with van der Waals surface area (Å²) in [5.41, 5.74) is 0.203. The third-order valence-electron chi connectivity index (χ3n) is 5.55. The molecule has 1 N–H and O–H groups in total. The second kappa shape index (κ2) is 8.07. The van der Waals surface area contributed by atoms with Gasteiger partial charge in [0.05, 0.1) is 0 Å². The van der Waals surface area contributed by atoms with Crippen LogP contribution in [0.4, 0.5) is 22.4 Å². The van der Waals surface area contributed by atoms with Gasteiger partial charge in [-0.3, -0.25) is 4.79 Å². The lowest BCUT2D eigenvalue weighted by atomic mass is 9.84. The van der Waals surface area contributed by atoms with E-state index in [4.69, 9.17) is 4.74 Å². The van der Waals surface area contributed by atoms with Crippen LogP contribution in [0.15, 0.2) is 18.2 Å². The van der Waals surface area contributed by atoms with Crippen LogP contribution < -0.4 is 5.32 Å². The maximum Gasteiger partial charge on any atom is 0.471 e. The summed E-state index contributed by atoms with van der Waals surface area (Å²) in [4.78, 5) is 25.3. The van der Waals surface area contributed by atoms with Crippen molar-refractivity contribution in [1.29, 1.82) is 0 Å². The summed E-state index contributed by atoms with van der Waals surface area (Å²) in [6.45, 7) is 5.07. The average molecular weight is 430 g/mol. The maximum absolute atomic E-state index is 14.5. The SMILES string of the molecule is CC(C)(C)OC(=O)N1C2CCC1CC(c1cc(CNC(=O)C(F)(F)F)ccc1F)C2. The Kier molecular flexibility index (Phi) is 6.02. The average Bonchev–Trinajstić information content (AvgIpc) is 2.89. The van der Waals surface area contributed by atoms with Crippen molar-refractivity contribution < 1.29 is 31.9 Å². The van der Waals surface area contributed by atoms with Gasteiger partial charge >= 0.3 is 18.2 Å². The lowest BCUT2D eigenvalue weighted by molar-refractivity contribution is -0.173. The number of ether oxygens (including phenoxy) is 1. The van der Waals surface area contributed by atoms with E-state index in [1.807, 2.05) is 0 Å². The van der Waals surface area contributed by atoms with Gasteiger partial charge in [-0.25, -0.2) is 9.18 Å². The van der Waals surface area contributed by atoms with Crippen LogP contribution >= 0.6 is 0 Å². The number of hydrogen-bond donors (Lipinski definition) is 1. The predicted molar refractivity (Wildman–Crippen MR) is 101 cm³/mol. The summed E-state index contributed by atoms with van der Waals surface area (Å²) >= 11 is 0. The van der Waals surface area contributed by atoms with Crippen LogP contribution in [0.2, 0.25) is 0 Å². The molecular weight excluding hydrogens is 404 g/mol. The molecule has 2 fully saturated rings. The highest BCUT2D eigenvalue weighted by atomic mass is 19.4. The van der Waals surface area contributed by atoms with Crippen LogP contribution in [0, 0.1) is 5.82 Å². The molecule has 9 heteroatoms. The Balaban J connectivity index is 1.71. The van der Waals surface area contributed by atoms with Crippen molar-refractivity contribution in [1.82, 2.24) is 10.2 Å². The van der Waals surface area contributed by atoms with Crippen LogP contribution in [0.3, 0.4) is 0 Å². The molecule has 0 aliphatic carbocycles. The van der Waals surface area contributed by atoms with Gasteiger partial charge < -0.3 is 15.0 Å². The van der Waals surface area contributed by atoms with E-state index in [-0.39, 0.29) is 30.6 Å². The number of carbonyl (C=O) groups is 2. The smallest absolute Gasteiger partial charge is 0.444 e. The van der Waals surface area contributed by atoms with E-state index >= 15 is 0 Å². The zero-order valence-electron chi connectivity index (χ0n) is 17.2. The highest BCUT2D eigenvalue weighted by molar-refractivity contribution is 5.81. The number of carbonyl (C=O) groups excluding carboxylic acids is 2. The van der Waals surface area contributed by atoms with Gasteiger partial charge in [0.1, 0.15) is 11.4 Å². The fraction of sp³-hybridized carbons (Fsp3) is 0.619. The van der Waals surface area contributed by atoms with Gasteiger partial charge in [-0.1, -0.05) is 12.1 Å². The van der Waals surface area contributed by atoms with Crippen molar-refractivity contribution in [3.8, 4) is 0 Å². The van der Waals surface area contributed by atoms with E-state index in [1.165, 1.54) is 18.2 Å². The Bertz CT molecular complexity index is 805. The molecule has 2 aliphatic rings. The van der Waals surface area contributed by atoms with Crippen LogP contribution in [0.5, 0.6) is 0 Å². The van der Waals surface area contributed by atoms with Gasteiger partial charge in [-0.05, 0) is 69.6 Å². The molecule has 1 aromatic carbocycles. The fourth-order valence-corrected chi connectivity index (χ4v) is 4.34. The molecule has 5 nitrogen and oxygen atoms in total. The summed E-state index contributed by atoms with van der Waals surface area (Å²) in [7, 11) is 0. The quantitative estimate of drug-likeness (QED) is 0.711. The minimum absolute atomic E-state index is 0.0587. The highest BCUT2D eigenvalue weighted by Crippen LogP contribution is 2.44. The first-order valence-corrected chi connectivity index (χ1v) is 10.00. The Morgan fingerprint density at radius 2 is 1.73 bits per heavy atom. The first kappa shape index (κ1) is 22.4. The number of hydrogen-bond acceptors (Lipinski definition) is 3. The molecule has 2 amide bonds. The summed E-state index contributed by atoms with van der Waals surface area (Å²) < 4.78 is 57.1. The Morgan fingerprint density at radius 1 is 1.13 bits per heavy atom. The molecule has 2 bridgehead atoms. The zero-order valence-corrected chi connectivity index (χ0v) is 17.2. The zero-order chi connectivity index (χ0) is 22.3. The van der Waals surface area contributed by atoms with E-state index in [0.717, 1.165) is 12.8 Å². The van der Waals surface area contributed by atoms with Crippen molar-refractivity contribution in [3.05, 3.63) is 35.1 Å². The van der Waals surface area contributed by atoms with Gasteiger partial charge in [0.2, 0.25) is 0 Å². The molecule has 0 spiro atoms. The largest absolute Gasteiger partial charge is 0.471 e. The molecule has 166 valence electrons. The van der Waals surface area contributed by atoms with Crippen molar-refractivity contribution in [2.45, 2.75) is 82.8 Å². The molecule has 2 atom stereocenters. The summed E-state index contributed by atoms with van der Waals surface area (Å²) in [5.74, 6) is -2.62. The van der Waals surface area contributed by atoms with E-state index in [1.54, 1.807) is 31.0 Å². The van der Waals surface area contributed by atoms with Crippen LogP contribution in [0.1, 0.15) is 63.5 Å². The van der Waals surface area contributed by atoms with Crippen molar-refractivity contribution in [3.63, 3.8) is 0 Å². The second-order valence-corrected chi connectivity index (χ2v) is 8.98. The van der Waals surface area contributed by atoms with Crippen molar-refractivity contribution in [2.75, 3.05) is 0 Å². The number of alkyl halides is 3. The van der Waals surface area contributed by atoms with E-state index < -0.39 is 23.5 Å². The van der Waals surface area contributed by atoms with Gasteiger partial charge in [-0.2, -0.15) is 13.2 Å². The van der Waals surface area contributed by atoms with E-state index in [2.05, 4.69) is 0 Å². The summed E-state index contributed by atoms with van der Waals surface area (Å²) in [5, 5.41) is 1.81. The van der Waals surface area contributed by atoms with E-state index in [0.29, 0.717) is 24.0 Å². The molecule has 2 saturated heterocycles. The molecule has 0 saturated carbocycles. The van der Waals surface area contributed by atoms with Crippen molar-refractivity contribution in [2.24, 2.45) is 0 Å². The number of nitrogens with one attached hydrogen (secondary N) is 1. The normalized spacial score (nSPS) is 24.0. The monoisotopic (exact) mass is 430 g/mol. The number of rotatable bonds is 3. The van der Waals surface area contributed by atoms with Crippen LogP contribution in [-0.4, -0.2) is 40.8 Å². The maximum atomic E-state index is 14.5. The van der Waals surface area contributed by atoms with Gasteiger partial charge in [0.15, 0.2) is 0 Å². The molecule has 0 aromatic heterocycles. The molecule has 30 heavy (non-hydrogen) atoms. The van der Waals surface area contributed by atoms with Crippen LogP contribution in [-0.2, 0) is 16.1 Å². The first-order valence-electron chi connectivity index (χ1n) is 10.00. The number of nitrogens with zero attached hydrogens (tertiary/aromatic N) is 1. The summed E-state index contributed by atoms with van der Waals surface area (Å²) in [6.07, 6.45) is -2.59. The molecule has 2 heterocycles. The third kappa shape index (κ3) is 5.05. The van der Waals surface area contributed by atoms with Crippen molar-refractivity contribution >= 4 is 12.0 Å². The van der Waals surface area contributed by atoms with Crippen LogP contribution in [0.25, 0.3) is 0 Å².